The minimum atomic E-state index is -0.508. The Hall–Kier alpha value is -1.53. The van der Waals surface area contributed by atoms with Crippen LogP contribution < -0.4 is 10.6 Å². The van der Waals surface area contributed by atoms with E-state index >= 15 is 0 Å². The molecule has 1 saturated heterocycles. The van der Waals surface area contributed by atoms with E-state index < -0.39 is 5.79 Å². The predicted molar refractivity (Wildman–Crippen MR) is 73.0 cm³/mol. The summed E-state index contributed by atoms with van der Waals surface area (Å²) in [6.07, 6.45) is 2.34. The summed E-state index contributed by atoms with van der Waals surface area (Å²) in [5, 5.41) is 5.57. The number of urea groups is 1. The summed E-state index contributed by atoms with van der Waals surface area (Å²) < 4.78 is 16.2. The minimum Gasteiger partial charge on any atom is -0.467 e. The summed E-state index contributed by atoms with van der Waals surface area (Å²) >= 11 is 0. The van der Waals surface area contributed by atoms with Crippen molar-refractivity contribution >= 4 is 6.03 Å². The van der Waals surface area contributed by atoms with Crippen LogP contribution in [0.25, 0.3) is 0 Å². The molecule has 1 aliphatic rings. The van der Waals surface area contributed by atoms with Crippen LogP contribution in [-0.4, -0.2) is 31.6 Å². The number of rotatable bonds is 6. The van der Waals surface area contributed by atoms with E-state index in [2.05, 4.69) is 17.6 Å². The first-order valence-electron chi connectivity index (χ1n) is 6.89. The van der Waals surface area contributed by atoms with E-state index in [9.17, 15) is 4.79 Å². The van der Waals surface area contributed by atoms with Gasteiger partial charge in [-0.1, -0.05) is 6.92 Å². The lowest BCUT2D eigenvalue weighted by Gasteiger charge is -2.26. The smallest absolute Gasteiger partial charge is 0.315 e. The zero-order valence-electron chi connectivity index (χ0n) is 12.0. The van der Waals surface area contributed by atoms with Crippen LogP contribution in [0.3, 0.4) is 0 Å². The fourth-order valence-electron chi connectivity index (χ4n) is 2.29. The van der Waals surface area contributed by atoms with Crippen LogP contribution in [0.1, 0.15) is 26.0 Å². The van der Waals surface area contributed by atoms with Crippen molar-refractivity contribution in [2.24, 2.45) is 5.92 Å². The SMILES string of the molecule is C[C@H](CNC(=O)NCc1ccco1)CC1(C)OCCO1. The molecular formula is C14H22N2O4. The Bertz CT molecular complexity index is 413. The van der Waals surface area contributed by atoms with Crippen molar-refractivity contribution in [3.63, 3.8) is 0 Å². The van der Waals surface area contributed by atoms with Crippen LogP contribution in [0.5, 0.6) is 0 Å². The quantitative estimate of drug-likeness (QED) is 0.835. The molecule has 0 bridgehead atoms. The van der Waals surface area contributed by atoms with Gasteiger partial charge in [-0.15, -0.1) is 0 Å². The van der Waals surface area contributed by atoms with Crippen LogP contribution in [-0.2, 0) is 16.0 Å². The lowest BCUT2D eigenvalue weighted by Crippen LogP contribution is -2.39. The molecule has 1 fully saturated rings. The average Bonchev–Trinajstić information content (AvgIpc) is 3.05. The van der Waals surface area contributed by atoms with Crippen molar-refractivity contribution in [1.82, 2.24) is 10.6 Å². The van der Waals surface area contributed by atoms with Gasteiger partial charge in [0, 0.05) is 13.0 Å². The summed E-state index contributed by atoms with van der Waals surface area (Å²) in [5.74, 6) is 0.493. The molecule has 2 N–H and O–H groups in total. The highest BCUT2D eigenvalue weighted by Gasteiger charge is 2.32. The molecule has 0 aliphatic carbocycles. The van der Waals surface area contributed by atoms with Gasteiger partial charge in [-0.3, -0.25) is 0 Å². The number of furan rings is 1. The molecule has 20 heavy (non-hydrogen) atoms. The highest BCUT2D eigenvalue weighted by atomic mass is 16.7. The van der Waals surface area contributed by atoms with Gasteiger partial charge in [-0.2, -0.15) is 0 Å². The van der Waals surface area contributed by atoms with E-state index in [-0.39, 0.29) is 11.9 Å². The summed E-state index contributed by atoms with van der Waals surface area (Å²) in [6.45, 7) is 6.24. The first kappa shape index (κ1) is 14.9. The molecule has 112 valence electrons. The van der Waals surface area contributed by atoms with Gasteiger partial charge in [0.2, 0.25) is 0 Å². The maximum atomic E-state index is 11.6. The number of nitrogens with one attached hydrogen (secondary N) is 2. The molecule has 2 amide bonds. The molecule has 0 aromatic carbocycles. The number of ether oxygens (including phenoxy) is 2. The molecule has 2 heterocycles. The summed E-state index contributed by atoms with van der Waals surface area (Å²) in [5.41, 5.74) is 0. The lowest BCUT2D eigenvalue weighted by molar-refractivity contribution is -0.153. The number of carbonyl (C=O) groups excluding carboxylic acids is 1. The standard InChI is InChI=1S/C14H22N2O4/c1-11(8-14(2)19-6-7-20-14)9-15-13(17)16-10-12-4-3-5-18-12/h3-5,11H,6-10H2,1-2H3,(H2,15,16,17)/t11-/m0/s1. The third kappa shape index (κ3) is 4.54. The van der Waals surface area contributed by atoms with Crippen molar-refractivity contribution in [3.05, 3.63) is 24.2 Å². The molecule has 0 spiro atoms. The molecule has 6 nitrogen and oxygen atoms in total. The maximum Gasteiger partial charge on any atom is 0.315 e. The maximum absolute atomic E-state index is 11.6. The Morgan fingerprint density at radius 3 is 2.80 bits per heavy atom. The second-order valence-electron chi connectivity index (χ2n) is 5.28. The molecule has 1 aliphatic heterocycles. The average molecular weight is 282 g/mol. The first-order chi connectivity index (χ1) is 9.57. The van der Waals surface area contributed by atoms with E-state index in [4.69, 9.17) is 13.9 Å². The lowest BCUT2D eigenvalue weighted by atomic mass is 10.0. The Labute approximate surface area is 118 Å². The molecule has 1 aromatic heterocycles. The number of hydrogen-bond acceptors (Lipinski definition) is 4. The monoisotopic (exact) mass is 282 g/mol. The van der Waals surface area contributed by atoms with Gasteiger partial charge < -0.3 is 24.5 Å². The molecule has 0 saturated carbocycles. The fraction of sp³-hybridized carbons (Fsp3) is 0.643. The number of amides is 2. The fourth-order valence-corrected chi connectivity index (χ4v) is 2.29. The first-order valence-corrected chi connectivity index (χ1v) is 6.89. The Balaban J connectivity index is 1.62. The summed E-state index contributed by atoms with van der Waals surface area (Å²) in [4.78, 5) is 11.6. The van der Waals surface area contributed by atoms with Gasteiger partial charge in [0.25, 0.3) is 0 Å². The Morgan fingerprint density at radius 1 is 1.40 bits per heavy atom. The Kier molecular flexibility index (Phi) is 5.03. The molecule has 0 radical (unpaired) electrons. The van der Waals surface area contributed by atoms with E-state index in [0.29, 0.717) is 26.3 Å². The molecule has 6 heteroatoms. The van der Waals surface area contributed by atoms with Crippen LogP contribution >= 0.6 is 0 Å². The second kappa shape index (κ2) is 6.76. The molecular weight excluding hydrogens is 260 g/mol. The van der Waals surface area contributed by atoms with Gasteiger partial charge in [0.1, 0.15) is 5.76 Å². The van der Waals surface area contributed by atoms with Gasteiger partial charge in [-0.05, 0) is 25.0 Å². The summed E-state index contributed by atoms with van der Waals surface area (Å²) in [6, 6.07) is 3.41. The highest BCUT2D eigenvalue weighted by molar-refractivity contribution is 5.73. The zero-order valence-corrected chi connectivity index (χ0v) is 12.0. The van der Waals surface area contributed by atoms with Crippen molar-refractivity contribution in [2.45, 2.75) is 32.6 Å². The number of carbonyl (C=O) groups is 1. The molecule has 0 unspecified atom stereocenters. The molecule has 1 aromatic rings. The van der Waals surface area contributed by atoms with E-state index in [1.54, 1.807) is 12.3 Å². The second-order valence-corrected chi connectivity index (χ2v) is 5.28. The van der Waals surface area contributed by atoms with Crippen LogP contribution in [0.15, 0.2) is 22.8 Å². The van der Waals surface area contributed by atoms with Crippen LogP contribution in [0.2, 0.25) is 0 Å². The van der Waals surface area contributed by atoms with Crippen molar-refractivity contribution in [2.75, 3.05) is 19.8 Å². The summed E-state index contributed by atoms with van der Waals surface area (Å²) in [7, 11) is 0. The van der Waals surface area contributed by atoms with Crippen LogP contribution in [0, 0.1) is 5.92 Å². The normalized spacial score (nSPS) is 18.7. The van der Waals surface area contributed by atoms with Crippen LogP contribution in [0.4, 0.5) is 4.79 Å². The molecule has 2 rings (SSSR count). The van der Waals surface area contributed by atoms with Gasteiger partial charge in [0.05, 0.1) is 26.0 Å². The highest BCUT2D eigenvalue weighted by Crippen LogP contribution is 2.26. The van der Waals surface area contributed by atoms with Gasteiger partial charge in [0.15, 0.2) is 5.79 Å². The number of hydrogen-bond donors (Lipinski definition) is 2. The van der Waals surface area contributed by atoms with Crippen molar-refractivity contribution in [1.29, 1.82) is 0 Å². The topological polar surface area (TPSA) is 72.7 Å². The largest absolute Gasteiger partial charge is 0.467 e. The third-order valence-corrected chi connectivity index (χ3v) is 3.23. The predicted octanol–water partition coefficient (Wildman–Crippen LogP) is 1.87. The van der Waals surface area contributed by atoms with E-state index in [1.165, 1.54) is 0 Å². The van der Waals surface area contributed by atoms with Crippen molar-refractivity contribution < 1.29 is 18.7 Å². The van der Waals surface area contributed by atoms with E-state index in [0.717, 1.165) is 12.2 Å². The Morgan fingerprint density at radius 2 is 2.15 bits per heavy atom. The van der Waals surface area contributed by atoms with Gasteiger partial charge >= 0.3 is 6.03 Å². The third-order valence-electron chi connectivity index (χ3n) is 3.23. The van der Waals surface area contributed by atoms with E-state index in [1.807, 2.05) is 13.0 Å². The van der Waals surface area contributed by atoms with Crippen molar-refractivity contribution in [3.8, 4) is 0 Å². The minimum absolute atomic E-state index is 0.202. The molecule has 1 atom stereocenters. The van der Waals surface area contributed by atoms with Gasteiger partial charge in [-0.25, -0.2) is 4.79 Å². The zero-order chi connectivity index (χ0) is 14.4.